The molecule has 1 amide bonds. The van der Waals surface area contributed by atoms with Crippen molar-refractivity contribution in [1.82, 2.24) is 14.5 Å². The molecule has 0 bridgehead atoms. The highest BCUT2D eigenvalue weighted by Crippen LogP contribution is 2.31. The van der Waals surface area contributed by atoms with Crippen LogP contribution in [0.5, 0.6) is 0 Å². The molecular weight excluding hydrogens is 506 g/mol. The third-order valence-corrected chi connectivity index (χ3v) is 6.58. The van der Waals surface area contributed by atoms with Crippen LogP contribution in [0.2, 0.25) is 0 Å². The molecule has 1 aromatic carbocycles. The zero-order chi connectivity index (χ0) is 28.3. The third kappa shape index (κ3) is 5.83. The number of ether oxygens (including phenoxy) is 2. The fourth-order valence-corrected chi connectivity index (χ4v) is 4.77. The summed E-state index contributed by atoms with van der Waals surface area (Å²) in [6.45, 7) is 6.64. The molecule has 0 aliphatic carbocycles. The molecule has 1 aliphatic rings. The van der Waals surface area contributed by atoms with Gasteiger partial charge in [-0.15, -0.1) is 0 Å². The van der Waals surface area contributed by atoms with Gasteiger partial charge in [-0.2, -0.15) is 0 Å². The lowest BCUT2D eigenvalue weighted by Gasteiger charge is -2.31. The van der Waals surface area contributed by atoms with Crippen molar-refractivity contribution in [3.05, 3.63) is 90.0 Å². The van der Waals surface area contributed by atoms with Gasteiger partial charge in [-0.1, -0.05) is 12.1 Å². The van der Waals surface area contributed by atoms with Gasteiger partial charge in [0.2, 0.25) is 0 Å². The number of methoxy groups -OCH3 is 1. The Hall–Kier alpha value is -4.66. The topological polar surface area (TPSA) is 98.6 Å². The zero-order valence-corrected chi connectivity index (χ0v) is 23.2. The fourth-order valence-electron chi connectivity index (χ4n) is 4.77. The summed E-state index contributed by atoms with van der Waals surface area (Å²) in [5, 5.41) is 4.49. The number of esters is 1. The lowest BCUT2D eigenvalue weighted by atomic mass is 10.1. The van der Waals surface area contributed by atoms with E-state index in [2.05, 4.69) is 10.3 Å². The average Bonchev–Trinajstić information content (AvgIpc) is 3.38. The van der Waals surface area contributed by atoms with Crippen LogP contribution >= 0.6 is 0 Å². The number of carbonyl (C=O) groups is 2. The minimum absolute atomic E-state index is 0.374. The quantitative estimate of drug-likeness (QED) is 0.244. The monoisotopic (exact) mass is 539 g/mol. The number of carbonyl (C=O) groups excluding carboxylic acids is 2. The number of hydrogen-bond donors (Lipinski definition) is 1. The molecule has 206 valence electrons. The van der Waals surface area contributed by atoms with E-state index in [0.717, 1.165) is 46.3 Å². The molecule has 9 nitrogen and oxygen atoms in total. The molecule has 4 heterocycles. The predicted molar refractivity (Wildman–Crippen MR) is 155 cm³/mol. The third-order valence-electron chi connectivity index (χ3n) is 6.58. The molecule has 0 spiro atoms. The molecule has 1 aliphatic heterocycles. The van der Waals surface area contributed by atoms with Crippen molar-refractivity contribution in [2.75, 3.05) is 23.9 Å². The predicted octanol–water partition coefficient (Wildman–Crippen LogP) is 5.79. The maximum Gasteiger partial charge on any atom is 0.416 e. The van der Waals surface area contributed by atoms with Crippen LogP contribution in [-0.4, -0.2) is 45.9 Å². The van der Waals surface area contributed by atoms with Crippen molar-refractivity contribution >= 4 is 40.2 Å². The second-order valence-electron chi connectivity index (χ2n) is 10.6. The van der Waals surface area contributed by atoms with Crippen LogP contribution < -0.4 is 10.2 Å². The molecule has 0 radical (unpaired) electrons. The van der Waals surface area contributed by atoms with Gasteiger partial charge in [0.25, 0.3) is 0 Å². The first kappa shape index (κ1) is 26.9. The van der Waals surface area contributed by atoms with Gasteiger partial charge in [-0.25, -0.2) is 14.6 Å². The number of anilines is 2. The van der Waals surface area contributed by atoms with E-state index in [1.807, 2.05) is 80.1 Å². The first-order valence-corrected chi connectivity index (χ1v) is 13.3. The summed E-state index contributed by atoms with van der Waals surface area (Å²) in [6, 6.07) is 15.7. The van der Waals surface area contributed by atoms with Gasteiger partial charge in [0.05, 0.1) is 30.6 Å². The number of aryl methyl sites for hydroxylation is 1. The number of aromatic nitrogens is 3. The van der Waals surface area contributed by atoms with Gasteiger partial charge < -0.3 is 19.4 Å². The highest BCUT2D eigenvalue weighted by atomic mass is 16.6. The van der Waals surface area contributed by atoms with Crippen molar-refractivity contribution in [2.45, 2.75) is 45.8 Å². The lowest BCUT2D eigenvalue weighted by Crippen LogP contribution is -2.40. The van der Waals surface area contributed by atoms with Gasteiger partial charge in [-0.05, 0) is 75.6 Å². The fraction of sp³-hybridized carbons (Fsp3) is 0.290. The molecule has 0 saturated carbocycles. The van der Waals surface area contributed by atoms with Crippen molar-refractivity contribution in [3.8, 4) is 0 Å². The van der Waals surface area contributed by atoms with E-state index >= 15 is 0 Å². The molecular formula is C31H33N5O4. The SMILES string of the molecule is COC(=O)C=C(c1cccnc1)n1ccc2c(NCc3ccc4c(n3)N(C(=O)OC(C)(C)C)CCC4)cccc21. The van der Waals surface area contributed by atoms with Crippen LogP contribution in [-0.2, 0) is 27.2 Å². The maximum atomic E-state index is 12.9. The van der Waals surface area contributed by atoms with Crippen LogP contribution in [0.1, 0.15) is 44.0 Å². The van der Waals surface area contributed by atoms with Crippen LogP contribution in [0.15, 0.2) is 73.2 Å². The van der Waals surface area contributed by atoms with Crippen molar-refractivity contribution in [3.63, 3.8) is 0 Å². The first-order chi connectivity index (χ1) is 19.2. The summed E-state index contributed by atoms with van der Waals surface area (Å²) in [5.74, 6) is 0.215. The van der Waals surface area contributed by atoms with E-state index in [4.69, 9.17) is 14.5 Å². The number of pyridine rings is 2. The number of nitrogens with one attached hydrogen (secondary N) is 1. The summed E-state index contributed by atoms with van der Waals surface area (Å²) in [4.78, 5) is 35.8. The largest absolute Gasteiger partial charge is 0.466 e. The molecule has 0 unspecified atom stereocenters. The minimum atomic E-state index is -0.578. The van der Waals surface area contributed by atoms with E-state index in [1.54, 1.807) is 17.3 Å². The Morgan fingerprint density at radius 1 is 1.10 bits per heavy atom. The highest BCUT2D eigenvalue weighted by Gasteiger charge is 2.28. The lowest BCUT2D eigenvalue weighted by molar-refractivity contribution is -0.134. The molecule has 0 fully saturated rings. The van der Waals surface area contributed by atoms with Gasteiger partial charge in [0.1, 0.15) is 11.4 Å². The van der Waals surface area contributed by atoms with Crippen molar-refractivity contribution < 1.29 is 19.1 Å². The highest BCUT2D eigenvalue weighted by molar-refractivity contribution is 5.98. The van der Waals surface area contributed by atoms with E-state index in [-0.39, 0.29) is 6.09 Å². The van der Waals surface area contributed by atoms with E-state index in [0.29, 0.717) is 24.6 Å². The molecule has 3 aromatic heterocycles. The van der Waals surface area contributed by atoms with Crippen LogP contribution in [0, 0.1) is 0 Å². The van der Waals surface area contributed by atoms with Gasteiger partial charge >= 0.3 is 12.1 Å². The number of nitrogens with zero attached hydrogens (tertiary/aromatic N) is 4. The van der Waals surface area contributed by atoms with Gasteiger partial charge in [0, 0.05) is 47.8 Å². The number of fused-ring (bicyclic) bond motifs is 2. The molecule has 0 atom stereocenters. The van der Waals surface area contributed by atoms with Gasteiger partial charge in [0.15, 0.2) is 0 Å². The number of benzene rings is 1. The summed E-state index contributed by atoms with van der Waals surface area (Å²) >= 11 is 0. The second-order valence-corrected chi connectivity index (χ2v) is 10.6. The number of amides is 1. The minimum Gasteiger partial charge on any atom is -0.466 e. The van der Waals surface area contributed by atoms with Crippen LogP contribution in [0.25, 0.3) is 16.6 Å². The van der Waals surface area contributed by atoms with E-state index in [1.165, 1.54) is 13.2 Å². The maximum absolute atomic E-state index is 12.9. The Bertz CT molecular complexity index is 1570. The summed E-state index contributed by atoms with van der Waals surface area (Å²) in [5.41, 5.74) is 4.56. The van der Waals surface area contributed by atoms with E-state index in [9.17, 15) is 9.59 Å². The van der Waals surface area contributed by atoms with Crippen molar-refractivity contribution in [1.29, 1.82) is 0 Å². The Labute approximate surface area is 233 Å². The molecule has 0 saturated heterocycles. The van der Waals surface area contributed by atoms with Crippen LogP contribution in [0.3, 0.4) is 0 Å². The summed E-state index contributed by atoms with van der Waals surface area (Å²) < 4.78 is 12.5. The number of rotatable bonds is 6. The summed E-state index contributed by atoms with van der Waals surface area (Å²) in [7, 11) is 1.36. The zero-order valence-electron chi connectivity index (χ0n) is 23.2. The van der Waals surface area contributed by atoms with Gasteiger partial charge in [-0.3, -0.25) is 9.88 Å². The summed E-state index contributed by atoms with van der Waals surface area (Å²) in [6.07, 6.45) is 8.16. The molecule has 4 aromatic rings. The Morgan fingerprint density at radius 3 is 2.70 bits per heavy atom. The molecule has 9 heteroatoms. The average molecular weight is 540 g/mol. The first-order valence-electron chi connectivity index (χ1n) is 13.3. The molecule has 1 N–H and O–H groups in total. The molecule has 5 rings (SSSR count). The standard InChI is InChI=1S/C31H33N5O4/c1-31(2,3)40-30(38)36-16-7-9-21-12-13-23(34-29(21)36)20-33-25-10-5-11-26-24(25)14-17-35(26)27(18-28(37)39-4)22-8-6-15-32-19-22/h5-6,8,10-15,17-19,33H,7,9,16,20H2,1-4H3. The van der Waals surface area contributed by atoms with Crippen LogP contribution in [0.4, 0.5) is 16.3 Å². The Balaban J connectivity index is 1.42. The van der Waals surface area contributed by atoms with E-state index < -0.39 is 11.6 Å². The Morgan fingerprint density at radius 2 is 1.95 bits per heavy atom. The van der Waals surface area contributed by atoms with Crippen molar-refractivity contribution in [2.24, 2.45) is 0 Å². The second kappa shape index (κ2) is 11.2. The number of hydrogen-bond acceptors (Lipinski definition) is 7. The Kier molecular flexibility index (Phi) is 7.55. The normalized spacial score (nSPS) is 13.6. The smallest absolute Gasteiger partial charge is 0.416 e. The molecule has 40 heavy (non-hydrogen) atoms.